The number of hydrogen-bond acceptors (Lipinski definition) is 7. The normalized spacial score (nSPS) is 18.8. The Labute approximate surface area is 204 Å². The van der Waals surface area contributed by atoms with E-state index in [0.717, 1.165) is 72.7 Å². The molecular weight excluding hydrogens is 444 g/mol. The molecule has 9 heteroatoms. The Balaban J connectivity index is 1.19. The van der Waals surface area contributed by atoms with Crippen molar-refractivity contribution in [2.24, 2.45) is 0 Å². The number of nitrogens with zero attached hydrogens (tertiary/aromatic N) is 4. The molecule has 2 saturated heterocycles. The van der Waals surface area contributed by atoms with E-state index in [1.165, 1.54) is 0 Å². The highest BCUT2D eigenvalue weighted by molar-refractivity contribution is 5.92. The molecule has 0 aromatic carbocycles. The second-order valence-corrected chi connectivity index (χ2v) is 9.35. The second kappa shape index (κ2) is 10.1. The van der Waals surface area contributed by atoms with Crippen molar-refractivity contribution < 1.29 is 9.53 Å². The molecule has 5 rings (SSSR count). The zero-order valence-corrected chi connectivity index (χ0v) is 20.3. The molecule has 3 aromatic heterocycles. The number of nitrogens with one attached hydrogen (secondary N) is 2. The molecule has 3 aromatic rings. The van der Waals surface area contributed by atoms with Crippen molar-refractivity contribution >= 4 is 22.6 Å². The first kappa shape index (κ1) is 23.4. The van der Waals surface area contributed by atoms with E-state index in [9.17, 15) is 9.59 Å². The number of hydrogen-bond donors (Lipinski definition) is 2. The minimum absolute atomic E-state index is 0.0346. The van der Waals surface area contributed by atoms with Crippen LogP contribution in [-0.4, -0.2) is 71.2 Å². The van der Waals surface area contributed by atoms with Gasteiger partial charge in [-0.1, -0.05) is 6.92 Å². The Morgan fingerprint density at radius 1 is 1.23 bits per heavy atom. The van der Waals surface area contributed by atoms with Crippen molar-refractivity contribution in [3.63, 3.8) is 0 Å². The van der Waals surface area contributed by atoms with Crippen molar-refractivity contribution in [2.45, 2.75) is 39.3 Å². The van der Waals surface area contributed by atoms with Crippen LogP contribution in [0, 0.1) is 6.92 Å². The number of carbonyl (C=O) groups is 1. The number of H-pyrrole nitrogens is 1. The first-order valence-corrected chi connectivity index (χ1v) is 12.3. The number of rotatable bonds is 6. The summed E-state index contributed by atoms with van der Waals surface area (Å²) < 4.78 is 5.33. The highest BCUT2D eigenvalue weighted by Gasteiger charge is 2.22. The van der Waals surface area contributed by atoms with Crippen molar-refractivity contribution in [3.05, 3.63) is 63.3 Å². The molecule has 9 nitrogen and oxygen atoms in total. The molecule has 2 aliphatic heterocycles. The first-order chi connectivity index (χ1) is 17.0. The Hall–Kier alpha value is -3.30. The number of aromatic nitrogens is 3. The number of ether oxygens (including phenoxy) is 1. The number of anilines is 1. The van der Waals surface area contributed by atoms with Gasteiger partial charge in [0.25, 0.3) is 11.5 Å². The van der Waals surface area contributed by atoms with Gasteiger partial charge in [-0.2, -0.15) is 0 Å². The van der Waals surface area contributed by atoms with E-state index in [1.807, 2.05) is 44.3 Å². The van der Waals surface area contributed by atoms with Gasteiger partial charge in [-0.15, -0.1) is 0 Å². The van der Waals surface area contributed by atoms with Gasteiger partial charge in [-0.3, -0.25) is 19.5 Å². The second-order valence-electron chi connectivity index (χ2n) is 9.35. The van der Waals surface area contributed by atoms with E-state index in [0.29, 0.717) is 25.3 Å². The molecule has 1 atom stereocenters. The molecule has 0 aliphatic carbocycles. The summed E-state index contributed by atoms with van der Waals surface area (Å²) in [5, 5.41) is 3.00. The number of pyridine rings is 3. The average molecular weight is 477 g/mol. The fraction of sp³-hybridized carbons (Fsp3) is 0.462. The van der Waals surface area contributed by atoms with Crippen LogP contribution < -0.4 is 15.8 Å². The maximum Gasteiger partial charge on any atom is 0.270 e. The van der Waals surface area contributed by atoms with E-state index in [4.69, 9.17) is 4.74 Å². The molecule has 2 fully saturated rings. The predicted molar refractivity (Wildman–Crippen MR) is 135 cm³/mol. The molecule has 35 heavy (non-hydrogen) atoms. The summed E-state index contributed by atoms with van der Waals surface area (Å²) in [6.45, 7) is 9.56. The van der Waals surface area contributed by atoms with Crippen molar-refractivity contribution in [1.29, 1.82) is 0 Å². The third-order valence-corrected chi connectivity index (χ3v) is 6.88. The molecule has 1 amide bonds. The maximum absolute atomic E-state index is 12.5. The van der Waals surface area contributed by atoms with Crippen LogP contribution in [0.3, 0.4) is 0 Å². The van der Waals surface area contributed by atoms with E-state index >= 15 is 0 Å². The average Bonchev–Trinajstić information content (AvgIpc) is 3.37. The fourth-order valence-corrected chi connectivity index (χ4v) is 4.84. The minimum atomic E-state index is -0.142. The quantitative estimate of drug-likeness (QED) is 0.561. The van der Waals surface area contributed by atoms with E-state index < -0.39 is 0 Å². The molecule has 0 saturated carbocycles. The van der Waals surface area contributed by atoms with Gasteiger partial charge in [0.05, 0.1) is 35.1 Å². The Morgan fingerprint density at radius 2 is 2.06 bits per heavy atom. The van der Waals surface area contributed by atoms with Crippen LogP contribution in [0.25, 0.3) is 11.0 Å². The lowest BCUT2D eigenvalue weighted by atomic mass is 10.1. The van der Waals surface area contributed by atoms with E-state index in [1.54, 1.807) is 0 Å². The van der Waals surface area contributed by atoms with Gasteiger partial charge in [0.1, 0.15) is 5.69 Å². The monoisotopic (exact) mass is 476 g/mol. The predicted octanol–water partition coefficient (Wildman–Crippen LogP) is 2.03. The highest BCUT2D eigenvalue weighted by atomic mass is 16.5. The summed E-state index contributed by atoms with van der Waals surface area (Å²) >= 11 is 0. The summed E-state index contributed by atoms with van der Waals surface area (Å²) in [5.41, 5.74) is 5.81. The van der Waals surface area contributed by atoms with Gasteiger partial charge in [0, 0.05) is 51.1 Å². The van der Waals surface area contributed by atoms with Gasteiger partial charge < -0.3 is 19.9 Å². The Morgan fingerprint density at radius 3 is 2.77 bits per heavy atom. The molecular formula is C26H32N6O3. The number of piperazine rings is 1. The molecule has 0 bridgehead atoms. The Bertz CT molecular complexity index is 1280. The minimum Gasteiger partial charge on any atom is -0.379 e. The fourth-order valence-electron chi connectivity index (χ4n) is 4.84. The van der Waals surface area contributed by atoms with Crippen LogP contribution in [0.1, 0.15) is 40.7 Å². The number of aromatic amines is 1. The van der Waals surface area contributed by atoms with Gasteiger partial charge in [-0.05, 0) is 49.6 Å². The van der Waals surface area contributed by atoms with E-state index in [-0.39, 0.29) is 17.5 Å². The van der Waals surface area contributed by atoms with E-state index in [2.05, 4.69) is 30.1 Å². The SMILES string of the molecule is CCc1cc2ncc(CN3CCN(c4ccc(C(=O)NC5CCOC5)nc4C)CC3)cc2[nH]c1=O. The molecule has 0 radical (unpaired) electrons. The lowest BCUT2D eigenvalue weighted by Crippen LogP contribution is -2.46. The van der Waals surface area contributed by atoms with Crippen LogP contribution in [0.4, 0.5) is 5.69 Å². The van der Waals surface area contributed by atoms with Crippen LogP contribution >= 0.6 is 0 Å². The molecule has 1 unspecified atom stereocenters. The molecule has 0 spiro atoms. The smallest absolute Gasteiger partial charge is 0.270 e. The number of carbonyl (C=O) groups excluding carboxylic acids is 1. The summed E-state index contributed by atoms with van der Waals surface area (Å²) in [6.07, 6.45) is 3.45. The topological polar surface area (TPSA) is 103 Å². The highest BCUT2D eigenvalue weighted by Crippen LogP contribution is 2.22. The first-order valence-electron chi connectivity index (χ1n) is 12.3. The van der Waals surface area contributed by atoms with Gasteiger partial charge in [-0.25, -0.2) is 4.98 Å². The van der Waals surface area contributed by atoms with Crippen LogP contribution in [-0.2, 0) is 17.7 Å². The molecule has 2 N–H and O–H groups in total. The van der Waals surface area contributed by atoms with Crippen LogP contribution in [0.15, 0.2) is 35.3 Å². The third kappa shape index (κ3) is 5.21. The summed E-state index contributed by atoms with van der Waals surface area (Å²) in [4.78, 5) is 41.5. The molecule has 184 valence electrons. The standard InChI is InChI=1S/C26H32N6O3/c1-3-19-13-22-23(30-25(19)33)12-18(14-27-22)15-31-7-9-32(10-8-31)24-5-4-21(28-17(24)2)26(34)29-20-6-11-35-16-20/h4-5,12-14,20H,3,6-11,15-16H2,1-2H3,(H,29,34)(H,30,33). The van der Waals surface area contributed by atoms with Gasteiger partial charge >= 0.3 is 0 Å². The molecule has 5 heterocycles. The zero-order valence-electron chi connectivity index (χ0n) is 20.3. The summed E-state index contributed by atoms with van der Waals surface area (Å²) in [6, 6.07) is 7.80. The zero-order chi connectivity index (χ0) is 24.4. The largest absolute Gasteiger partial charge is 0.379 e. The van der Waals surface area contributed by atoms with Crippen molar-refractivity contribution in [3.8, 4) is 0 Å². The van der Waals surface area contributed by atoms with Crippen LogP contribution in [0.5, 0.6) is 0 Å². The van der Waals surface area contributed by atoms with Crippen molar-refractivity contribution in [1.82, 2.24) is 25.2 Å². The lowest BCUT2D eigenvalue weighted by Gasteiger charge is -2.36. The van der Waals surface area contributed by atoms with Gasteiger partial charge in [0.2, 0.25) is 0 Å². The number of aryl methyl sites for hydroxylation is 2. The third-order valence-electron chi connectivity index (χ3n) is 6.88. The van der Waals surface area contributed by atoms with Gasteiger partial charge in [0.15, 0.2) is 0 Å². The number of fused-ring (bicyclic) bond motifs is 1. The Kier molecular flexibility index (Phi) is 6.79. The molecule has 2 aliphatic rings. The van der Waals surface area contributed by atoms with Crippen molar-refractivity contribution in [2.75, 3.05) is 44.3 Å². The maximum atomic E-state index is 12.5. The summed E-state index contributed by atoms with van der Waals surface area (Å²) in [7, 11) is 0. The summed E-state index contributed by atoms with van der Waals surface area (Å²) in [5.74, 6) is -0.142. The number of amides is 1. The lowest BCUT2D eigenvalue weighted by molar-refractivity contribution is 0.0924. The van der Waals surface area contributed by atoms with Crippen LogP contribution in [0.2, 0.25) is 0 Å².